The number of carbonyl (C=O) groups is 2. The smallest absolute Gasteiger partial charge is 0.326 e. The summed E-state index contributed by atoms with van der Waals surface area (Å²) in [6.07, 6.45) is 2.19. The number of carbonyl (C=O) groups excluding carboxylic acids is 1. The quantitative estimate of drug-likeness (QED) is 0.740. The van der Waals surface area contributed by atoms with E-state index in [1.807, 2.05) is 18.7 Å². The molecule has 2 aliphatic rings. The lowest BCUT2D eigenvalue weighted by Gasteiger charge is -2.37. The minimum absolute atomic E-state index is 0.0913. The van der Waals surface area contributed by atoms with Crippen molar-refractivity contribution in [2.24, 2.45) is 5.92 Å². The van der Waals surface area contributed by atoms with Crippen LogP contribution in [0.2, 0.25) is 0 Å². The Kier molecular flexibility index (Phi) is 5.77. The average molecular weight is 314 g/mol. The summed E-state index contributed by atoms with van der Waals surface area (Å²) in [6.45, 7) is 6.67. The molecule has 2 aliphatic heterocycles. The van der Waals surface area contributed by atoms with Gasteiger partial charge >= 0.3 is 5.97 Å². The van der Waals surface area contributed by atoms with Crippen LogP contribution >= 0.6 is 0 Å². The van der Waals surface area contributed by atoms with Crippen LogP contribution < -0.4 is 5.32 Å². The first-order chi connectivity index (χ1) is 10.5. The van der Waals surface area contributed by atoms with E-state index < -0.39 is 17.8 Å². The van der Waals surface area contributed by atoms with Crippen molar-refractivity contribution in [1.82, 2.24) is 10.2 Å². The molecule has 0 aromatic heterocycles. The van der Waals surface area contributed by atoms with E-state index >= 15 is 0 Å². The molecule has 7 heteroatoms. The molecule has 2 atom stereocenters. The van der Waals surface area contributed by atoms with Crippen molar-refractivity contribution in [2.45, 2.75) is 44.9 Å². The molecule has 0 aromatic carbocycles. The SMILES string of the molecule is CCC(C)C(NC(=O)CN1CCC2(CC1)OCCO2)C(=O)O. The van der Waals surface area contributed by atoms with Crippen molar-refractivity contribution >= 4 is 11.9 Å². The lowest BCUT2D eigenvalue weighted by Crippen LogP contribution is -2.51. The Hall–Kier alpha value is -1.18. The zero-order chi connectivity index (χ0) is 16.2. The second-order valence-corrected chi connectivity index (χ2v) is 6.15. The molecular weight excluding hydrogens is 288 g/mol. The Bertz CT molecular complexity index is 399. The third-order valence-electron chi connectivity index (χ3n) is 4.59. The van der Waals surface area contributed by atoms with E-state index in [4.69, 9.17) is 9.47 Å². The zero-order valence-corrected chi connectivity index (χ0v) is 13.3. The fraction of sp³-hybridized carbons (Fsp3) is 0.867. The second-order valence-electron chi connectivity index (χ2n) is 6.15. The largest absolute Gasteiger partial charge is 0.480 e. The number of rotatable bonds is 6. The number of likely N-dealkylation sites (tertiary alicyclic amines) is 1. The van der Waals surface area contributed by atoms with E-state index in [-0.39, 0.29) is 18.4 Å². The van der Waals surface area contributed by atoms with Gasteiger partial charge in [0.2, 0.25) is 5.91 Å². The predicted octanol–water partition coefficient (Wildman–Crippen LogP) is 0.441. The number of aliphatic carboxylic acids is 1. The second kappa shape index (κ2) is 7.39. The third kappa shape index (κ3) is 4.18. The van der Waals surface area contributed by atoms with Crippen LogP contribution in [-0.2, 0) is 19.1 Å². The number of amides is 1. The number of nitrogens with zero attached hydrogens (tertiary/aromatic N) is 1. The van der Waals surface area contributed by atoms with Crippen LogP contribution in [-0.4, -0.2) is 66.6 Å². The van der Waals surface area contributed by atoms with Gasteiger partial charge < -0.3 is 19.9 Å². The molecule has 7 nitrogen and oxygen atoms in total. The Morgan fingerprint density at radius 3 is 2.36 bits per heavy atom. The lowest BCUT2D eigenvalue weighted by atomic mass is 9.99. The van der Waals surface area contributed by atoms with Crippen LogP contribution in [0.5, 0.6) is 0 Å². The standard InChI is InChI=1S/C15H26N2O5/c1-3-11(2)13(14(19)20)16-12(18)10-17-6-4-15(5-7-17)21-8-9-22-15/h11,13H,3-10H2,1-2H3,(H,16,18)(H,19,20). The average Bonchev–Trinajstić information content (AvgIpc) is 2.95. The highest BCUT2D eigenvalue weighted by Crippen LogP contribution is 2.30. The summed E-state index contributed by atoms with van der Waals surface area (Å²) in [4.78, 5) is 25.3. The highest BCUT2D eigenvalue weighted by atomic mass is 16.7. The van der Waals surface area contributed by atoms with E-state index in [2.05, 4.69) is 5.32 Å². The Morgan fingerprint density at radius 1 is 1.27 bits per heavy atom. The van der Waals surface area contributed by atoms with Crippen molar-refractivity contribution in [3.8, 4) is 0 Å². The number of hydrogen-bond acceptors (Lipinski definition) is 5. The van der Waals surface area contributed by atoms with Gasteiger partial charge in [0.15, 0.2) is 5.79 Å². The monoisotopic (exact) mass is 314 g/mol. The molecule has 2 rings (SSSR count). The molecule has 2 saturated heterocycles. The Labute approximate surface area is 130 Å². The van der Waals surface area contributed by atoms with Gasteiger partial charge in [-0.2, -0.15) is 0 Å². The van der Waals surface area contributed by atoms with Gasteiger partial charge in [-0.15, -0.1) is 0 Å². The zero-order valence-electron chi connectivity index (χ0n) is 13.3. The van der Waals surface area contributed by atoms with E-state index in [0.717, 1.165) is 12.8 Å². The van der Waals surface area contributed by atoms with Crippen LogP contribution in [0.4, 0.5) is 0 Å². The first kappa shape index (κ1) is 17.2. The van der Waals surface area contributed by atoms with Crippen LogP contribution in [0.3, 0.4) is 0 Å². The van der Waals surface area contributed by atoms with Gasteiger partial charge in [-0.05, 0) is 5.92 Å². The van der Waals surface area contributed by atoms with Gasteiger partial charge in [0.1, 0.15) is 6.04 Å². The maximum absolute atomic E-state index is 12.1. The van der Waals surface area contributed by atoms with E-state index in [1.165, 1.54) is 0 Å². The molecule has 0 bridgehead atoms. The summed E-state index contributed by atoms with van der Waals surface area (Å²) in [5.74, 6) is -1.76. The number of carboxylic acid groups (broad SMARTS) is 1. The highest BCUT2D eigenvalue weighted by Gasteiger charge is 2.40. The molecule has 0 radical (unpaired) electrons. The maximum Gasteiger partial charge on any atom is 0.326 e. The molecule has 1 amide bonds. The molecule has 2 N–H and O–H groups in total. The predicted molar refractivity (Wildman–Crippen MR) is 79.3 cm³/mol. The fourth-order valence-electron chi connectivity index (χ4n) is 2.94. The highest BCUT2D eigenvalue weighted by molar-refractivity contribution is 5.84. The summed E-state index contributed by atoms with van der Waals surface area (Å²) >= 11 is 0. The van der Waals surface area contributed by atoms with Gasteiger partial charge in [0, 0.05) is 25.9 Å². The number of ether oxygens (including phenoxy) is 2. The summed E-state index contributed by atoms with van der Waals surface area (Å²) in [5, 5.41) is 11.8. The van der Waals surface area contributed by atoms with Gasteiger partial charge in [0.05, 0.1) is 19.8 Å². The summed E-state index contributed by atoms with van der Waals surface area (Å²) in [7, 11) is 0. The number of nitrogens with one attached hydrogen (secondary N) is 1. The minimum atomic E-state index is -0.979. The first-order valence-electron chi connectivity index (χ1n) is 7.98. The normalized spacial score (nSPS) is 24.1. The molecule has 2 fully saturated rings. The van der Waals surface area contributed by atoms with Crippen molar-refractivity contribution in [3.63, 3.8) is 0 Å². The number of carboxylic acids is 1. The van der Waals surface area contributed by atoms with Gasteiger partial charge in [-0.25, -0.2) is 4.79 Å². The van der Waals surface area contributed by atoms with E-state index in [0.29, 0.717) is 32.7 Å². The van der Waals surface area contributed by atoms with Gasteiger partial charge in [-0.3, -0.25) is 9.69 Å². The van der Waals surface area contributed by atoms with Crippen molar-refractivity contribution in [3.05, 3.63) is 0 Å². The van der Waals surface area contributed by atoms with Crippen molar-refractivity contribution < 1.29 is 24.2 Å². The van der Waals surface area contributed by atoms with Gasteiger partial charge in [-0.1, -0.05) is 20.3 Å². The Morgan fingerprint density at radius 2 is 1.86 bits per heavy atom. The lowest BCUT2D eigenvalue weighted by molar-refractivity contribution is -0.185. The molecule has 126 valence electrons. The van der Waals surface area contributed by atoms with Crippen molar-refractivity contribution in [1.29, 1.82) is 0 Å². The first-order valence-corrected chi connectivity index (χ1v) is 7.98. The molecule has 2 heterocycles. The maximum atomic E-state index is 12.1. The van der Waals surface area contributed by atoms with Crippen LogP contribution in [0, 0.1) is 5.92 Å². The van der Waals surface area contributed by atoms with E-state index in [1.54, 1.807) is 0 Å². The molecule has 1 spiro atoms. The van der Waals surface area contributed by atoms with Crippen molar-refractivity contribution in [2.75, 3.05) is 32.8 Å². The third-order valence-corrected chi connectivity index (χ3v) is 4.59. The summed E-state index contributed by atoms with van der Waals surface area (Å²) < 4.78 is 11.3. The molecule has 2 unspecified atom stereocenters. The number of hydrogen-bond donors (Lipinski definition) is 2. The van der Waals surface area contributed by atoms with Gasteiger partial charge in [0.25, 0.3) is 0 Å². The molecule has 0 aromatic rings. The molecule has 22 heavy (non-hydrogen) atoms. The van der Waals surface area contributed by atoms with Crippen LogP contribution in [0.25, 0.3) is 0 Å². The fourth-order valence-corrected chi connectivity index (χ4v) is 2.94. The molecule has 0 saturated carbocycles. The summed E-state index contributed by atoms with van der Waals surface area (Å²) in [6, 6.07) is -0.824. The minimum Gasteiger partial charge on any atom is -0.480 e. The molecular formula is C15H26N2O5. The van der Waals surface area contributed by atoms with Crippen LogP contribution in [0.1, 0.15) is 33.1 Å². The topological polar surface area (TPSA) is 88.1 Å². The molecule has 0 aliphatic carbocycles. The summed E-state index contributed by atoms with van der Waals surface area (Å²) in [5.41, 5.74) is 0. The van der Waals surface area contributed by atoms with E-state index in [9.17, 15) is 14.7 Å². The number of piperidine rings is 1. The Balaban J connectivity index is 1.78. The van der Waals surface area contributed by atoms with Crippen LogP contribution in [0.15, 0.2) is 0 Å².